The van der Waals surface area contributed by atoms with Gasteiger partial charge in [-0.15, -0.1) is 0 Å². The van der Waals surface area contributed by atoms with Crippen LogP contribution in [0.25, 0.3) is 0 Å². The Balaban J connectivity index is 2.00. The standard InChI is InChI=1S/C65H117NO10/c1-3-5-7-9-11-13-14-15-16-27-30-33-37-41-45-49-53-61(70)74-54-50-46-42-38-34-31-28-25-23-21-19-17-18-20-22-24-26-29-32-36-40-44-48-52-60(69)66-57(58(68)51-47-43-39-35-12-10-8-6-4-2)56-75-65-64(73)63(72)62(71)59(55-67)76-65/h4,6,12,17,19-20,22,35,47,51,57-59,62-65,67-68,71-73H,3,5,7-11,13-16,18,21,23-34,36-46,48-50,52-56H2,1-2H3,(H,66,69)/b6-4+,19-17-,22-20-,35-12+,51-47+. The Labute approximate surface area is 465 Å². The van der Waals surface area contributed by atoms with Crippen LogP contribution in [-0.4, -0.2) is 100 Å². The number of esters is 1. The second-order valence-corrected chi connectivity index (χ2v) is 21.8. The Kier molecular flexibility index (Phi) is 51.0. The van der Waals surface area contributed by atoms with E-state index in [1.54, 1.807) is 6.08 Å². The maximum atomic E-state index is 13.0. The van der Waals surface area contributed by atoms with Gasteiger partial charge in [-0.05, 0) is 84.0 Å². The van der Waals surface area contributed by atoms with E-state index in [9.17, 15) is 35.1 Å². The largest absolute Gasteiger partial charge is 0.466 e. The van der Waals surface area contributed by atoms with Gasteiger partial charge >= 0.3 is 5.97 Å². The summed E-state index contributed by atoms with van der Waals surface area (Å²) in [6.45, 7) is 4.08. The zero-order chi connectivity index (χ0) is 55.2. The second kappa shape index (κ2) is 54.3. The highest BCUT2D eigenvalue weighted by molar-refractivity contribution is 5.76. The summed E-state index contributed by atoms with van der Waals surface area (Å²) in [5, 5.41) is 54.1. The topological polar surface area (TPSA) is 175 Å². The minimum absolute atomic E-state index is 0.00269. The van der Waals surface area contributed by atoms with Crippen molar-refractivity contribution in [2.24, 2.45) is 0 Å². The first-order chi connectivity index (χ1) is 37.2. The van der Waals surface area contributed by atoms with Crippen LogP contribution in [0.5, 0.6) is 0 Å². The summed E-state index contributed by atoms with van der Waals surface area (Å²) in [7, 11) is 0. The maximum absolute atomic E-state index is 13.0. The lowest BCUT2D eigenvalue weighted by molar-refractivity contribution is -0.302. The average molecular weight is 1070 g/mol. The van der Waals surface area contributed by atoms with Gasteiger partial charge in [0.05, 0.1) is 32.0 Å². The summed E-state index contributed by atoms with van der Waals surface area (Å²) >= 11 is 0. The van der Waals surface area contributed by atoms with Gasteiger partial charge in [0.25, 0.3) is 0 Å². The van der Waals surface area contributed by atoms with Gasteiger partial charge in [0.15, 0.2) is 6.29 Å². The maximum Gasteiger partial charge on any atom is 0.305 e. The summed E-state index contributed by atoms with van der Waals surface area (Å²) in [5.41, 5.74) is 0. The van der Waals surface area contributed by atoms with Crippen LogP contribution < -0.4 is 5.32 Å². The number of nitrogens with one attached hydrogen (secondary N) is 1. The van der Waals surface area contributed by atoms with Crippen LogP contribution in [0.15, 0.2) is 60.8 Å². The normalized spacial score (nSPS) is 19.1. The third-order valence-corrected chi connectivity index (χ3v) is 14.7. The van der Waals surface area contributed by atoms with Gasteiger partial charge in [0.1, 0.15) is 24.4 Å². The Bertz CT molecular complexity index is 1450. The third-order valence-electron chi connectivity index (χ3n) is 14.7. The molecule has 11 heteroatoms. The van der Waals surface area contributed by atoms with Crippen molar-refractivity contribution < 1.29 is 49.3 Å². The molecule has 0 saturated carbocycles. The zero-order valence-electron chi connectivity index (χ0n) is 48.7. The van der Waals surface area contributed by atoms with Gasteiger partial charge in [-0.2, -0.15) is 0 Å². The smallest absolute Gasteiger partial charge is 0.305 e. The molecule has 6 N–H and O–H groups in total. The molecule has 0 spiro atoms. The zero-order valence-corrected chi connectivity index (χ0v) is 48.7. The number of aliphatic hydroxyl groups excluding tert-OH is 5. The second-order valence-electron chi connectivity index (χ2n) is 21.8. The van der Waals surface area contributed by atoms with Crippen LogP contribution in [0.2, 0.25) is 0 Å². The molecule has 1 aliphatic heterocycles. The molecule has 0 bridgehead atoms. The number of allylic oxidation sites excluding steroid dienone is 9. The van der Waals surface area contributed by atoms with Crippen LogP contribution in [0, 0.1) is 0 Å². The molecule has 1 saturated heterocycles. The predicted octanol–water partition coefficient (Wildman–Crippen LogP) is 15.0. The van der Waals surface area contributed by atoms with Crippen LogP contribution in [0.3, 0.4) is 0 Å². The van der Waals surface area contributed by atoms with Crippen LogP contribution >= 0.6 is 0 Å². The van der Waals surface area contributed by atoms with Crippen molar-refractivity contribution in [1.82, 2.24) is 5.32 Å². The van der Waals surface area contributed by atoms with Crippen molar-refractivity contribution in [2.75, 3.05) is 19.8 Å². The highest BCUT2D eigenvalue weighted by Gasteiger charge is 2.44. The average Bonchev–Trinajstić information content (AvgIpc) is 3.42. The number of hydrogen-bond donors (Lipinski definition) is 6. The lowest BCUT2D eigenvalue weighted by Crippen LogP contribution is -2.60. The van der Waals surface area contributed by atoms with Crippen molar-refractivity contribution >= 4 is 11.9 Å². The van der Waals surface area contributed by atoms with Crippen LogP contribution in [0.1, 0.15) is 277 Å². The van der Waals surface area contributed by atoms with E-state index < -0.39 is 49.5 Å². The molecule has 11 nitrogen and oxygen atoms in total. The molecule has 7 atom stereocenters. The van der Waals surface area contributed by atoms with E-state index in [2.05, 4.69) is 54.8 Å². The lowest BCUT2D eigenvalue weighted by atomic mass is 9.99. The summed E-state index contributed by atoms with van der Waals surface area (Å²) in [4.78, 5) is 25.1. The van der Waals surface area contributed by atoms with E-state index in [1.165, 1.54) is 154 Å². The summed E-state index contributed by atoms with van der Waals surface area (Å²) in [6.07, 6.45) is 60.8. The van der Waals surface area contributed by atoms with Crippen molar-refractivity contribution in [2.45, 2.75) is 320 Å². The molecule has 1 aliphatic rings. The molecular weight excluding hydrogens is 955 g/mol. The molecule has 0 aromatic carbocycles. The molecule has 0 aromatic heterocycles. The Hall–Kier alpha value is -2.64. The van der Waals surface area contributed by atoms with Crippen LogP contribution in [0.4, 0.5) is 0 Å². The Morgan fingerprint density at radius 1 is 0.513 bits per heavy atom. The molecule has 1 heterocycles. The number of carbonyl (C=O) groups is 2. The number of aliphatic hydroxyl groups is 5. The fourth-order valence-electron chi connectivity index (χ4n) is 9.68. The fraction of sp³-hybridized carbons (Fsp3) is 0.815. The molecule has 442 valence electrons. The molecule has 0 aliphatic carbocycles. The first kappa shape index (κ1) is 71.4. The number of carbonyl (C=O) groups excluding carboxylic acids is 2. The number of unbranched alkanes of at least 4 members (excludes halogenated alkanes) is 33. The molecule has 1 rings (SSSR count). The first-order valence-corrected chi connectivity index (χ1v) is 31.5. The van der Waals surface area contributed by atoms with Gasteiger partial charge in [-0.1, -0.05) is 241 Å². The van der Waals surface area contributed by atoms with Gasteiger partial charge < -0.3 is 45.1 Å². The number of rotatable bonds is 54. The van der Waals surface area contributed by atoms with E-state index in [0.29, 0.717) is 25.9 Å². The number of hydrogen-bond acceptors (Lipinski definition) is 10. The van der Waals surface area contributed by atoms with Crippen molar-refractivity contribution in [1.29, 1.82) is 0 Å². The molecule has 0 radical (unpaired) electrons. The SMILES string of the molecule is C/C=C/CC/C=C/CC/C=C/C(O)C(COC1OC(CO)C(O)C(O)C1O)NC(=O)CCCCCCCCC/C=C\C/C=C\CCCCCCCCCCCOC(=O)CCCCCCCCCCCCCCCCCC. The van der Waals surface area contributed by atoms with E-state index in [0.717, 1.165) is 89.9 Å². The molecule has 0 aromatic rings. The number of amides is 1. The van der Waals surface area contributed by atoms with Gasteiger partial charge in [0.2, 0.25) is 5.91 Å². The summed E-state index contributed by atoms with van der Waals surface area (Å²) in [5.74, 6) is -0.213. The quantitative estimate of drug-likeness (QED) is 0.0195. The van der Waals surface area contributed by atoms with Gasteiger partial charge in [-0.3, -0.25) is 9.59 Å². The van der Waals surface area contributed by atoms with Crippen molar-refractivity contribution in [3.05, 3.63) is 60.8 Å². The van der Waals surface area contributed by atoms with Gasteiger partial charge in [-0.25, -0.2) is 0 Å². The number of ether oxygens (including phenoxy) is 3. The van der Waals surface area contributed by atoms with Crippen LogP contribution in [-0.2, 0) is 23.8 Å². The summed E-state index contributed by atoms with van der Waals surface area (Å²) in [6, 6.07) is -0.842. The van der Waals surface area contributed by atoms with E-state index >= 15 is 0 Å². The Morgan fingerprint density at radius 2 is 0.947 bits per heavy atom. The first-order valence-electron chi connectivity index (χ1n) is 31.5. The monoisotopic (exact) mass is 1070 g/mol. The molecular formula is C65H117NO10. The van der Waals surface area contributed by atoms with Crippen molar-refractivity contribution in [3.8, 4) is 0 Å². The molecule has 7 unspecified atom stereocenters. The van der Waals surface area contributed by atoms with Crippen molar-refractivity contribution in [3.63, 3.8) is 0 Å². The highest BCUT2D eigenvalue weighted by Crippen LogP contribution is 2.23. The minimum Gasteiger partial charge on any atom is -0.466 e. The highest BCUT2D eigenvalue weighted by atomic mass is 16.7. The minimum atomic E-state index is -1.58. The fourth-order valence-corrected chi connectivity index (χ4v) is 9.68. The van der Waals surface area contributed by atoms with E-state index in [1.807, 2.05) is 19.1 Å². The molecule has 76 heavy (non-hydrogen) atoms. The lowest BCUT2D eigenvalue weighted by Gasteiger charge is -2.40. The van der Waals surface area contributed by atoms with E-state index in [-0.39, 0.29) is 18.5 Å². The predicted molar refractivity (Wildman–Crippen MR) is 315 cm³/mol. The molecule has 1 fully saturated rings. The van der Waals surface area contributed by atoms with Gasteiger partial charge in [0, 0.05) is 12.8 Å². The van der Waals surface area contributed by atoms with E-state index in [4.69, 9.17) is 14.2 Å². The summed E-state index contributed by atoms with van der Waals surface area (Å²) < 4.78 is 16.7. The molecule has 1 amide bonds. The third kappa shape index (κ3) is 43.3. The Morgan fingerprint density at radius 3 is 1.45 bits per heavy atom.